The Labute approximate surface area is 159 Å². The number of benzene rings is 2. The lowest BCUT2D eigenvalue weighted by molar-refractivity contribution is -0.384. The molecule has 4 rings (SSSR count). The molecule has 0 unspecified atom stereocenters. The number of fused-ring (bicyclic) bond motifs is 3. The highest BCUT2D eigenvalue weighted by molar-refractivity contribution is 6.42. The molecule has 2 aromatic carbocycles. The van der Waals surface area contributed by atoms with Gasteiger partial charge in [-0.25, -0.2) is 0 Å². The fourth-order valence-corrected chi connectivity index (χ4v) is 4.52. The van der Waals surface area contributed by atoms with E-state index in [1.165, 1.54) is 6.07 Å². The molecule has 0 saturated carbocycles. The quantitative estimate of drug-likeness (QED) is 0.364. The molecule has 0 aromatic heterocycles. The lowest BCUT2D eigenvalue weighted by atomic mass is 9.77. The zero-order valence-corrected chi connectivity index (χ0v) is 15.1. The summed E-state index contributed by atoms with van der Waals surface area (Å²) in [6.07, 6.45) is 5.05. The number of non-ortho nitro benzene ring substituents is 1. The number of hydrogen-bond acceptors (Lipinski definition) is 3. The Hall–Kier alpha value is -1.75. The van der Waals surface area contributed by atoms with Crippen LogP contribution in [0.25, 0.3) is 0 Å². The molecule has 0 radical (unpaired) electrons. The van der Waals surface area contributed by atoms with Gasteiger partial charge in [-0.05, 0) is 29.5 Å². The number of nitrogens with zero attached hydrogens (tertiary/aromatic N) is 1. The molecule has 1 aliphatic heterocycles. The van der Waals surface area contributed by atoms with Crippen molar-refractivity contribution in [3.05, 3.63) is 78.8 Å². The van der Waals surface area contributed by atoms with Gasteiger partial charge in [0.05, 0.1) is 31.7 Å². The van der Waals surface area contributed by atoms with Crippen molar-refractivity contribution in [2.24, 2.45) is 5.92 Å². The minimum absolute atomic E-state index is 0.00355. The van der Waals surface area contributed by atoms with Crippen molar-refractivity contribution in [2.75, 3.05) is 5.32 Å². The van der Waals surface area contributed by atoms with Crippen molar-refractivity contribution < 1.29 is 4.92 Å². The first-order chi connectivity index (χ1) is 12.0. The summed E-state index contributed by atoms with van der Waals surface area (Å²) in [6, 6.07) is 8.49. The molecule has 0 amide bonds. The third-order valence-electron chi connectivity index (χ3n) is 4.93. The van der Waals surface area contributed by atoms with Gasteiger partial charge in [0.25, 0.3) is 5.69 Å². The van der Waals surface area contributed by atoms with E-state index in [0.29, 0.717) is 15.1 Å². The minimum atomic E-state index is -0.417. The van der Waals surface area contributed by atoms with E-state index in [9.17, 15) is 10.1 Å². The zero-order chi connectivity index (χ0) is 17.7. The number of nitro groups is 1. The molecule has 1 aliphatic carbocycles. The Morgan fingerprint density at radius 2 is 1.92 bits per heavy atom. The van der Waals surface area contributed by atoms with E-state index < -0.39 is 4.92 Å². The summed E-state index contributed by atoms with van der Waals surface area (Å²) in [6.45, 7) is 0. The van der Waals surface area contributed by atoms with E-state index in [1.807, 2.05) is 12.1 Å². The molecule has 2 aromatic rings. The van der Waals surface area contributed by atoms with Crippen molar-refractivity contribution in [1.82, 2.24) is 0 Å². The maximum Gasteiger partial charge on any atom is 0.271 e. The first-order valence-corrected chi connectivity index (χ1v) is 8.95. The first-order valence-electron chi connectivity index (χ1n) is 7.82. The van der Waals surface area contributed by atoms with E-state index in [-0.39, 0.29) is 23.6 Å². The van der Waals surface area contributed by atoms with E-state index in [2.05, 4.69) is 17.5 Å². The summed E-state index contributed by atoms with van der Waals surface area (Å²) < 4.78 is 0. The SMILES string of the molecule is O=[N+]([O-])c1cc(Cl)c2c(c1)[C@@H]1C=CC[C@H]1[C@H](c1cccc(Cl)c1Cl)N2. The Morgan fingerprint density at radius 1 is 1.12 bits per heavy atom. The lowest BCUT2D eigenvalue weighted by Gasteiger charge is -2.38. The van der Waals surface area contributed by atoms with Crippen molar-refractivity contribution in [3.63, 3.8) is 0 Å². The number of rotatable bonds is 2. The second-order valence-corrected chi connectivity index (χ2v) is 7.46. The van der Waals surface area contributed by atoms with E-state index in [1.54, 1.807) is 12.1 Å². The van der Waals surface area contributed by atoms with E-state index in [0.717, 1.165) is 23.2 Å². The topological polar surface area (TPSA) is 55.2 Å². The molecule has 2 aliphatic rings. The molecule has 25 heavy (non-hydrogen) atoms. The predicted octanol–water partition coefficient (Wildman–Crippen LogP) is 6.38. The van der Waals surface area contributed by atoms with Crippen LogP contribution in [-0.4, -0.2) is 4.92 Å². The Balaban J connectivity index is 1.86. The average Bonchev–Trinajstić information content (AvgIpc) is 3.07. The second kappa shape index (κ2) is 6.20. The van der Waals surface area contributed by atoms with Gasteiger partial charge in [-0.1, -0.05) is 59.1 Å². The maximum atomic E-state index is 11.2. The van der Waals surface area contributed by atoms with Crippen LogP contribution in [0, 0.1) is 16.0 Å². The smallest absolute Gasteiger partial charge is 0.271 e. The Morgan fingerprint density at radius 3 is 2.68 bits per heavy atom. The molecule has 0 bridgehead atoms. The van der Waals surface area contributed by atoms with Crippen molar-refractivity contribution >= 4 is 46.2 Å². The van der Waals surface area contributed by atoms with Crippen LogP contribution in [0.15, 0.2) is 42.5 Å². The van der Waals surface area contributed by atoms with Gasteiger partial charge in [0.2, 0.25) is 0 Å². The Kier molecular flexibility index (Phi) is 4.14. The first kappa shape index (κ1) is 16.7. The molecule has 0 spiro atoms. The lowest BCUT2D eigenvalue weighted by Crippen LogP contribution is -2.29. The highest BCUT2D eigenvalue weighted by Crippen LogP contribution is 2.53. The van der Waals surface area contributed by atoms with Crippen LogP contribution in [0.4, 0.5) is 11.4 Å². The molecule has 7 heteroatoms. The third kappa shape index (κ3) is 2.69. The largest absolute Gasteiger partial charge is 0.376 e. The Bertz CT molecular complexity index is 913. The van der Waals surface area contributed by atoms with Crippen molar-refractivity contribution in [3.8, 4) is 0 Å². The van der Waals surface area contributed by atoms with Crippen LogP contribution >= 0.6 is 34.8 Å². The van der Waals surface area contributed by atoms with Gasteiger partial charge in [-0.2, -0.15) is 0 Å². The van der Waals surface area contributed by atoms with Gasteiger partial charge in [0.15, 0.2) is 0 Å². The third-order valence-corrected chi connectivity index (χ3v) is 6.06. The molecule has 0 fully saturated rings. The summed E-state index contributed by atoms with van der Waals surface area (Å²) in [5, 5.41) is 16.0. The predicted molar refractivity (Wildman–Crippen MR) is 101 cm³/mol. The number of allylic oxidation sites excluding steroid dienone is 2. The second-order valence-electron chi connectivity index (χ2n) is 6.27. The van der Waals surface area contributed by atoms with Gasteiger partial charge < -0.3 is 5.32 Å². The average molecular weight is 396 g/mol. The van der Waals surface area contributed by atoms with Crippen molar-refractivity contribution in [1.29, 1.82) is 0 Å². The fraction of sp³-hybridized carbons (Fsp3) is 0.222. The molecule has 3 atom stereocenters. The summed E-state index contributed by atoms with van der Waals surface area (Å²) in [5.41, 5.74) is 2.49. The number of anilines is 1. The van der Waals surface area contributed by atoms with Gasteiger partial charge in [-0.3, -0.25) is 10.1 Å². The molecule has 4 nitrogen and oxygen atoms in total. The van der Waals surface area contributed by atoms with E-state index >= 15 is 0 Å². The van der Waals surface area contributed by atoms with Gasteiger partial charge in [-0.15, -0.1) is 0 Å². The molecular formula is C18H13Cl3N2O2. The molecule has 0 saturated heterocycles. The fourth-order valence-electron chi connectivity index (χ4n) is 3.81. The van der Waals surface area contributed by atoms with E-state index in [4.69, 9.17) is 34.8 Å². The molecule has 1 heterocycles. The van der Waals surface area contributed by atoms with Crippen LogP contribution in [0.5, 0.6) is 0 Å². The number of halogens is 3. The van der Waals surface area contributed by atoms with Crippen LogP contribution < -0.4 is 5.32 Å². The summed E-state index contributed by atoms with van der Waals surface area (Å²) in [5.74, 6) is 0.246. The maximum absolute atomic E-state index is 11.2. The van der Waals surface area contributed by atoms with Gasteiger partial charge in [0.1, 0.15) is 0 Å². The summed E-state index contributed by atoms with van der Waals surface area (Å²) in [4.78, 5) is 10.8. The van der Waals surface area contributed by atoms with Crippen LogP contribution in [0.1, 0.15) is 29.5 Å². The van der Waals surface area contributed by atoms with Crippen LogP contribution in [-0.2, 0) is 0 Å². The zero-order valence-electron chi connectivity index (χ0n) is 12.9. The van der Waals surface area contributed by atoms with Gasteiger partial charge in [0, 0.05) is 18.1 Å². The standard InChI is InChI=1S/C18H13Cl3N2O2/c19-14-6-2-5-12(16(14)21)17-11-4-1-3-10(11)13-7-9(23(24)25)8-15(20)18(13)22-17/h1-3,5-8,10-11,17,22H,4H2/t10-,11-,17-/m1/s1. The molecular weight excluding hydrogens is 383 g/mol. The summed E-state index contributed by atoms with van der Waals surface area (Å²) >= 11 is 19.0. The van der Waals surface area contributed by atoms with Crippen LogP contribution in [0.2, 0.25) is 15.1 Å². The molecule has 1 N–H and O–H groups in total. The summed E-state index contributed by atoms with van der Waals surface area (Å²) in [7, 11) is 0. The number of nitro benzene ring substituents is 1. The normalized spacial score (nSPS) is 23.7. The van der Waals surface area contributed by atoms with Crippen LogP contribution in [0.3, 0.4) is 0 Å². The number of nitrogens with one attached hydrogen (secondary N) is 1. The van der Waals surface area contributed by atoms with Gasteiger partial charge >= 0.3 is 0 Å². The number of hydrogen-bond donors (Lipinski definition) is 1. The molecule has 128 valence electrons. The minimum Gasteiger partial charge on any atom is -0.376 e. The highest BCUT2D eigenvalue weighted by atomic mass is 35.5. The highest BCUT2D eigenvalue weighted by Gasteiger charge is 2.40. The monoisotopic (exact) mass is 394 g/mol. The van der Waals surface area contributed by atoms with Crippen molar-refractivity contribution in [2.45, 2.75) is 18.4 Å².